The summed E-state index contributed by atoms with van der Waals surface area (Å²) in [4.78, 5) is 16.2. The minimum Gasteiger partial charge on any atom is -0.352 e. The Labute approximate surface area is 129 Å². The molecule has 1 atom stereocenters. The molecule has 0 aliphatic carbocycles. The minimum atomic E-state index is 0.0590. The van der Waals surface area contributed by atoms with Gasteiger partial charge in [-0.3, -0.25) is 4.79 Å². The summed E-state index contributed by atoms with van der Waals surface area (Å²) in [5.74, 6) is 0.649. The third-order valence-electron chi connectivity index (χ3n) is 4.30. The molecule has 0 spiro atoms. The first kappa shape index (κ1) is 14.7. The largest absolute Gasteiger partial charge is 0.352 e. The van der Waals surface area contributed by atoms with E-state index in [1.165, 1.54) is 6.33 Å². The average molecular weight is 299 g/mol. The molecule has 1 fully saturated rings. The van der Waals surface area contributed by atoms with E-state index in [0.717, 1.165) is 24.2 Å². The maximum Gasteiger partial charge on any atom is 0.223 e. The van der Waals surface area contributed by atoms with E-state index in [9.17, 15) is 4.79 Å². The molecule has 22 heavy (non-hydrogen) atoms. The zero-order valence-electron chi connectivity index (χ0n) is 12.7. The molecule has 0 bridgehead atoms. The molecule has 1 aliphatic heterocycles. The molecule has 1 amide bonds. The topological polar surface area (TPSA) is 71.8 Å². The molecule has 3 rings (SSSR count). The lowest BCUT2D eigenvalue weighted by atomic mass is 9.88. The van der Waals surface area contributed by atoms with Gasteiger partial charge in [0.25, 0.3) is 0 Å². The highest BCUT2D eigenvalue weighted by Gasteiger charge is 2.28. The summed E-state index contributed by atoms with van der Waals surface area (Å²) in [5.41, 5.74) is 2.26. The van der Waals surface area contributed by atoms with Crippen molar-refractivity contribution in [3.63, 3.8) is 0 Å². The second kappa shape index (κ2) is 6.70. The van der Waals surface area contributed by atoms with Gasteiger partial charge in [0.05, 0.1) is 6.54 Å². The first-order valence-electron chi connectivity index (χ1n) is 7.61. The van der Waals surface area contributed by atoms with Crippen LogP contribution >= 0.6 is 0 Å². The van der Waals surface area contributed by atoms with Crippen molar-refractivity contribution in [1.29, 1.82) is 0 Å². The summed E-state index contributed by atoms with van der Waals surface area (Å²) in [6, 6.07) is 8.09. The Kier molecular flexibility index (Phi) is 4.48. The summed E-state index contributed by atoms with van der Waals surface area (Å²) >= 11 is 0. The maximum absolute atomic E-state index is 12.2. The van der Waals surface area contributed by atoms with Crippen LogP contribution in [0.15, 0.2) is 36.9 Å². The number of rotatable bonds is 6. The van der Waals surface area contributed by atoms with E-state index in [1.54, 1.807) is 11.0 Å². The number of hydrogen-bond donors (Lipinski definition) is 2. The SMILES string of the molecule is CC(C(=O)NCc1ccccc1Cn1cncn1)C1CNC1. The van der Waals surface area contributed by atoms with Crippen molar-refractivity contribution in [3.05, 3.63) is 48.0 Å². The van der Waals surface area contributed by atoms with E-state index >= 15 is 0 Å². The van der Waals surface area contributed by atoms with Gasteiger partial charge in [0.15, 0.2) is 0 Å². The van der Waals surface area contributed by atoms with Gasteiger partial charge in [-0.25, -0.2) is 9.67 Å². The fourth-order valence-electron chi connectivity index (χ4n) is 2.60. The van der Waals surface area contributed by atoms with Gasteiger partial charge in [-0.1, -0.05) is 31.2 Å². The molecular formula is C16H21N5O. The lowest BCUT2D eigenvalue weighted by molar-refractivity contribution is -0.126. The molecule has 1 aromatic carbocycles. The van der Waals surface area contributed by atoms with Crippen LogP contribution in [0.2, 0.25) is 0 Å². The molecule has 0 radical (unpaired) electrons. The van der Waals surface area contributed by atoms with E-state index in [4.69, 9.17) is 0 Å². The zero-order valence-corrected chi connectivity index (χ0v) is 12.7. The Morgan fingerprint density at radius 2 is 2.18 bits per heavy atom. The molecular weight excluding hydrogens is 278 g/mol. The fraction of sp³-hybridized carbons (Fsp3) is 0.438. The first-order chi connectivity index (χ1) is 10.7. The summed E-state index contributed by atoms with van der Waals surface area (Å²) in [6.07, 6.45) is 3.22. The third kappa shape index (κ3) is 3.33. The van der Waals surface area contributed by atoms with Crippen LogP contribution in [-0.4, -0.2) is 33.8 Å². The fourth-order valence-corrected chi connectivity index (χ4v) is 2.60. The number of hydrogen-bond acceptors (Lipinski definition) is 4. The quantitative estimate of drug-likeness (QED) is 0.827. The Morgan fingerprint density at radius 3 is 2.82 bits per heavy atom. The molecule has 1 unspecified atom stereocenters. The Bertz CT molecular complexity index is 621. The number of carbonyl (C=O) groups is 1. The second-order valence-corrected chi connectivity index (χ2v) is 5.79. The monoisotopic (exact) mass is 299 g/mol. The van der Waals surface area contributed by atoms with Crippen molar-refractivity contribution in [2.45, 2.75) is 20.0 Å². The van der Waals surface area contributed by atoms with Crippen LogP contribution in [0, 0.1) is 11.8 Å². The Hall–Kier alpha value is -2.21. The van der Waals surface area contributed by atoms with Crippen molar-refractivity contribution in [2.24, 2.45) is 11.8 Å². The van der Waals surface area contributed by atoms with Gasteiger partial charge in [0.2, 0.25) is 5.91 Å². The van der Waals surface area contributed by atoms with Gasteiger partial charge in [-0.05, 0) is 30.1 Å². The van der Waals surface area contributed by atoms with Crippen molar-refractivity contribution < 1.29 is 4.79 Å². The summed E-state index contributed by atoms with van der Waals surface area (Å²) in [7, 11) is 0. The maximum atomic E-state index is 12.2. The lowest BCUT2D eigenvalue weighted by Crippen LogP contribution is -2.49. The van der Waals surface area contributed by atoms with Crippen LogP contribution in [0.25, 0.3) is 0 Å². The molecule has 6 heteroatoms. The molecule has 1 aliphatic rings. The van der Waals surface area contributed by atoms with Gasteiger partial charge in [0, 0.05) is 12.5 Å². The van der Waals surface area contributed by atoms with Crippen LogP contribution in [-0.2, 0) is 17.9 Å². The van der Waals surface area contributed by atoms with Gasteiger partial charge in [-0.2, -0.15) is 5.10 Å². The first-order valence-corrected chi connectivity index (χ1v) is 7.61. The van der Waals surface area contributed by atoms with E-state index in [-0.39, 0.29) is 11.8 Å². The van der Waals surface area contributed by atoms with Gasteiger partial charge in [0.1, 0.15) is 12.7 Å². The van der Waals surface area contributed by atoms with E-state index in [1.807, 2.05) is 25.1 Å². The Balaban J connectivity index is 1.61. The molecule has 2 aromatic rings. The average Bonchev–Trinajstić information content (AvgIpc) is 2.97. The van der Waals surface area contributed by atoms with Gasteiger partial charge < -0.3 is 10.6 Å². The normalized spacial score (nSPS) is 16.0. The third-order valence-corrected chi connectivity index (χ3v) is 4.30. The smallest absolute Gasteiger partial charge is 0.223 e. The molecule has 2 N–H and O–H groups in total. The van der Waals surface area contributed by atoms with Crippen LogP contribution in [0.3, 0.4) is 0 Å². The van der Waals surface area contributed by atoms with E-state index in [2.05, 4.69) is 26.8 Å². The molecule has 116 valence electrons. The number of amides is 1. The number of aromatic nitrogens is 3. The lowest BCUT2D eigenvalue weighted by Gasteiger charge is -2.31. The predicted molar refractivity (Wildman–Crippen MR) is 82.9 cm³/mol. The van der Waals surface area contributed by atoms with E-state index in [0.29, 0.717) is 19.0 Å². The van der Waals surface area contributed by atoms with Gasteiger partial charge >= 0.3 is 0 Å². The molecule has 1 saturated heterocycles. The summed E-state index contributed by atoms with van der Waals surface area (Å²) < 4.78 is 1.78. The standard InChI is InChI=1S/C16H21N5O/c1-12(15-6-17-7-15)16(22)19-8-13-4-2-3-5-14(13)9-21-11-18-10-20-21/h2-5,10-12,15,17H,6-9H2,1H3,(H,19,22). The minimum absolute atomic E-state index is 0.0590. The van der Waals surface area contributed by atoms with E-state index < -0.39 is 0 Å². The second-order valence-electron chi connectivity index (χ2n) is 5.79. The highest BCUT2D eigenvalue weighted by molar-refractivity contribution is 5.78. The zero-order chi connectivity index (χ0) is 15.4. The summed E-state index contributed by atoms with van der Waals surface area (Å²) in [6.45, 7) is 5.10. The molecule has 0 saturated carbocycles. The highest BCUT2D eigenvalue weighted by atomic mass is 16.1. The van der Waals surface area contributed by atoms with Crippen molar-refractivity contribution in [1.82, 2.24) is 25.4 Å². The van der Waals surface area contributed by atoms with Crippen molar-refractivity contribution in [2.75, 3.05) is 13.1 Å². The number of carbonyl (C=O) groups excluding carboxylic acids is 1. The molecule has 2 heterocycles. The van der Waals surface area contributed by atoms with Crippen LogP contribution in [0.1, 0.15) is 18.1 Å². The van der Waals surface area contributed by atoms with Gasteiger partial charge in [-0.15, -0.1) is 0 Å². The van der Waals surface area contributed by atoms with Crippen molar-refractivity contribution >= 4 is 5.91 Å². The van der Waals surface area contributed by atoms with Crippen LogP contribution < -0.4 is 10.6 Å². The molecule has 1 aromatic heterocycles. The molecule has 6 nitrogen and oxygen atoms in total. The van der Waals surface area contributed by atoms with Crippen LogP contribution in [0.4, 0.5) is 0 Å². The number of nitrogens with zero attached hydrogens (tertiary/aromatic N) is 3. The summed E-state index contributed by atoms with van der Waals surface area (Å²) in [5, 5.41) is 10.4. The Morgan fingerprint density at radius 1 is 1.41 bits per heavy atom. The highest BCUT2D eigenvalue weighted by Crippen LogP contribution is 2.16. The van der Waals surface area contributed by atoms with Crippen molar-refractivity contribution in [3.8, 4) is 0 Å². The number of benzene rings is 1. The predicted octanol–water partition coefficient (Wildman–Crippen LogP) is 0.798. The number of nitrogens with one attached hydrogen (secondary N) is 2. The van der Waals surface area contributed by atoms with Crippen LogP contribution in [0.5, 0.6) is 0 Å².